The largest absolute Gasteiger partial charge is 0.427 e. The Morgan fingerprint density at radius 3 is 2.43 bits per heavy atom. The van der Waals surface area contributed by atoms with Gasteiger partial charge in [-0.05, 0) is 23.8 Å². The molecule has 152 valence electrons. The van der Waals surface area contributed by atoms with E-state index in [1.165, 1.54) is 13.0 Å². The molecule has 4 rings (SSSR count). The van der Waals surface area contributed by atoms with Gasteiger partial charge in [-0.15, -0.1) is 0 Å². The van der Waals surface area contributed by atoms with Crippen LogP contribution < -0.4 is 4.74 Å². The molecule has 0 aliphatic heterocycles. The third kappa shape index (κ3) is 3.91. The van der Waals surface area contributed by atoms with Crippen molar-refractivity contribution >= 4 is 16.9 Å². The summed E-state index contributed by atoms with van der Waals surface area (Å²) in [6.07, 6.45) is -4.53. The third-order valence-corrected chi connectivity index (χ3v) is 4.62. The molecule has 0 aliphatic rings. The summed E-state index contributed by atoms with van der Waals surface area (Å²) >= 11 is 0. The summed E-state index contributed by atoms with van der Waals surface area (Å²) in [5.41, 5.74) is 1.12. The molecule has 0 amide bonds. The van der Waals surface area contributed by atoms with E-state index in [-0.39, 0.29) is 5.52 Å². The molecular formula is C23H17F3N2O2. The van der Waals surface area contributed by atoms with Crippen LogP contribution in [-0.2, 0) is 17.5 Å². The number of carbonyl (C=O) groups is 1. The number of nitrogens with zero attached hydrogens (tertiary/aromatic N) is 2. The number of aromatic nitrogens is 2. The lowest BCUT2D eigenvalue weighted by Crippen LogP contribution is -2.06. The minimum Gasteiger partial charge on any atom is -0.427 e. The molecule has 0 spiro atoms. The zero-order valence-electron chi connectivity index (χ0n) is 16.0. The highest BCUT2D eigenvalue weighted by Crippen LogP contribution is 2.38. The fraction of sp³-hybridized carbons (Fsp3) is 0.130. The zero-order valence-corrected chi connectivity index (χ0v) is 16.0. The van der Waals surface area contributed by atoms with Gasteiger partial charge in [0, 0.05) is 17.9 Å². The van der Waals surface area contributed by atoms with E-state index in [1.54, 1.807) is 35.0 Å². The van der Waals surface area contributed by atoms with Crippen LogP contribution in [0.2, 0.25) is 0 Å². The average Bonchev–Trinajstić information content (AvgIpc) is 3.05. The van der Waals surface area contributed by atoms with Gasteiger partial charge in [0.25, 0.3) is 0 Å². The molecule has 0 unspecified atom stereocenters. The Hall–Kier alpha value is -3.61. The minimum absolute atomic E-state index is 0.117. The molecule has 1 aromatic heterocycles. The van der Waals surface area contributed by atoms with E-state index < -0.39 is 17.7 Å². The first-order valence-corrected chi connectivity index (χ1v) is 9.22. The van der Waals surface area contributed by atoms with E-state index in [2.05, 4.69) is 5.10 Å². The van der Waals surface area contributed by atoms with Gasteiger partial charge in [-0.1, -0.05) is 54.6 Å². The fourth-order valence-electron chi connectivity index (χ4n) is 3.43. The Labute approximate surface area is 170 Å². The highest BCUT2D eigenvalue weighted by molar-refractivity contribution is 5.95. The Kier molecular flexibility index (Phi) is 5.03. The average molecular weight is 410 g/mol. The smallest absolute Gasteiger partial charge is 0.418 e. The van der Waals surface area contributed by atoms with Crippen LogP contribution in [0, 0.1) is 0 Å². The van der Waals surface area contributed by atoms with Crippen molar-refractivity contribution in [3.8, 4) is 17.0 Å². The summed E-state index contributed by atoms with van der Waals surface area (Å²) < 4.78 is 47.5. The first-order chi connectivity index (χ1) is 14.3. The van der Waals surface area contributed by atoms with Crippen LogP contribution >= 0.6 is 0 Å². The minimum atomic E-state index is -4.53. The second-order valence-corrected chi connectivity index (χ2v) is 6.81. The molecule has 1 heterocycles. The van der Waals surface area contributed by atoms with Crippen LogP contribution in [0.1, 0.15) is 18.1 Å². The van der Waals surface area contributed by atoms with E-state index in [4.69, 9.17) is 4.74 Å². The summed E-state index contributed by atoms with van der Waals surface area (Å²) in [6, 6.07) is 20.1. The topological polar surface area (TPSA) is 44.1 Å². The summed E-state index contributed by atoms with van der Waals surface area (Å²) in [5, 5.41) is 4.71. The van der Waals surface area contributed by atoms with Gasteiger partial charge in [-0.2, -0.15) is 18.3 Å². The van der Waals surface area contributed by atoms with E-state index in [1.807, 2.05) is 30.3 Å². The highest BCUT2D eigenvalue weighted by atomic mass is 19.4. The van der Waals surface area contributed by atoms with Gasteiger partial charge in [-0.3, -0.25) is 9.48 Å². The number of carbonyl (C=O) groups excluding carboxylic acids is 1. The number of halogens is 3. The molecule has 0 saturated heterocycles. The number of ether oxygens (including phenoxy) is 1. The van der Waals surface area contributed by atoms with Crippen molar-refractivity contribution in [2.45, 2.75) is 19.6 Å². The summed E-state index contributed by atoms with van der Waals surface area (Å²) in [4.78, 5) is 11.3. The van der Waals surface area contributed by atoms with Crippen molar-refractivity contribution in [2.24, 2.45) is 0 Å². The fourth-order valence-corrected chi connectivity index (χ4v) is 3.43. The molecule has 0 aliphatic carbocycles. The Morgan fingerprint density at radius 2 is 1.73 bits per heavy atom. The number of rotatable bonds is 4. The third-order valence-electron chi connectivity index (χ3n) is 4.62. The van der Waals surface area contributed by atoms with Gasteiger partial charge in [0.2, 0.25) is 0 Å². The van der Waals surface area contributed by atoms with Gasteiger partial charge >= 0.3 is 12.1 Å². The zero-order chi connectivity index (χ0) is 21.3. The van der Waals surface area contributed by atoms with Crippen molar-refractivity contribution in [3.05, 3.63) is 83.9 Å². The molecule has 0 bridgehead atoms. The number of benzene rings is 3. The summed E-state index contributed by atoms with van der Waals surface area (Å²) in [5.74, 6) is -0.165. The number of hydrogen-bond donors (Lipinski definition) is 0. The Balaban J connectivity index is 1.94. The Bertz CT molecular complexity index is 1210. The van der Waals surface area contributed by atoms with Crippen LogP contribution in [0.4, 0.5) is 13.2 Å². The number of fused-ring (bicyclic) bond motifs is 1. The van der Waals surface area contributed by atoms with Gasteiger partial charge < -0.3 is 4.74 Å². The van der Waals surface area contributed by atoms with E-state index in [9.17, 15) is 18.0 Å². The number of alkyl halides is 3. The molecule has 0 atom stereocenters. The molecule has 0 saturated carbocycles. The van der Waals surface area contributed by atoms with Crippen molar-refractivity contribution in [1.29, 1.82) is 0 Å². The van der Waals surface area contributed by atoms with Crippen molar-refractivity contribution in [3.63, 3.8) is 0 Å². The second kappa shape index (κ2) is 7.67. The van der Waals surface area contributed by atoms with Crippen LogP contribution in [0.15, 0.2) is 72.8 Å². The number of esters is 1. The maximum Gasteiger partial charge on any atom is 0.418 e. The van der Waals surface area contributed by atoms with E-state index in [0.29, 0.717) is 28.9 Å². The van der Waals surface area contributed by atoms with Crippen molar-refractivity contribution < 1.29 is 22.7 Å². The predicted molar refractivity (Wildman–Crippen MR) is 107 cm³/mol. The summed E-state index contributed by atoms with van der Waals surface area (Å²) in [7, 11) is 0. The van der Waals surface area contributed by atoms with Gasteiger partial charge in [0.1, 0.15) is 11.3 Å². The van der Waals surface area contributed by atoms with Crippen molar-refractivity contribution in [1.82, 2.24) is 9.78 Å². The lowest BCUT2D eigenvalue weighted by molar-refractivity contribution is -0.136. The van der Waals surface area contributed by atoms with Crippen LogP contribution in [0.25, 0.3) is 22.2 Å². The van der Waals surface area contributed by atoms with Crippen LogP contribution in [-0.4, -0.2) is 15.7 Å². The molecule has 4 aromatic rings. The molecule has 0 radical (unpaired) electrons. The van der Waals surface area contributed by atoms with Crippen LogP contribution in [0.5, 0.6) is 5.75 Å². The van der Waals surface area contributed by atoms with Crippen LogP contribution in [0.3, 0.4) is 0 Å². The summed E-state index contributed by atoms with van der Waals surface area (Å²) in [6.45, 7) is 1.58. The standard InChI is InChI=1S/C23H17F3N2O2/c1-15(29)30-18-10-5-9-17(13-18)22-19-11-6-12-20(23(24,25)26)21(19)27-28(22)14-16-7-3-2-4-8-16/h2-13H,14H2,1H3. The normalized spacial score (nSPS) is 11.6. The monoisotopic (exact) mass is 410 g/mol. The maximum absolute atomic E-state index is 13.6. The lowest BCUT2D eigenvalue weighted by Gasteiger charge is -2.10. The van der Waals surface area contributed by atoms with E-state index in [0.717, 1.165) is 11.6 Å². The van der Waals surface area contributed by atoms with Gasteiger partial charge in [0.15, 0.2) is 0 Å². The number of hydrogen-bond acceptors (Lipinski definition) is 3. The molecule has 4 nitrogen and oxygen atoms in total. The molecule has 0 N–H and O–H groups in total. The van der Waals surface area contributed by atoms with Gasteiger partial charge in [-0.25, -0.2) is 0 Å². The second-order valence-electron chi connectivity index (χ2n) is 6.81. The first-order valence-electron chi connectivity index (χ1n) is 9.22. The molecule has 0 fully saturated rings. The van der Waals surface area contributed by atoms with E-state index >= 15 is 0 Å². The quantitative estimate of drug-likeness (QED) is 0.320. The SMILES string of the molecule is CC(=O)Oc1cccc(-c2c3cccc(C(F)(F)F)c3nn2Cc2ccccc2)c1. The maximum atomic E-state index is 13.6. The lowest BCUT2D eigenvalue weighted by atomic mass is 10.0. The highest BCUT2D eigenvalue weighted by Gasteiger charge is 2.34. The molecule has 7 heteroatoms. The molecular weight excluding hydrogens is 393 g/mol. The molecule has 3 aromatic carbocycles. The molecule has 30 heavy (non-hydrogen) atoms. The predicted octanol–water partition coefficient (Wildman–Crippen LogP) is 5.70. The van der Waals surface area contributed by atoms with Crippen molar-refractivity contribution in [2.75, 3.05) is 0 Å². The first kappa shape index (κ1) is 19.7. The Morgan fingerprint density at radius 1 is 1.00 bits per heavy atom. The van der Waals surface area contributed by atoms with Gasteiger partial charge in [0.05, 0.1) is 17.8 Å².